The lowest BCUT2D eigenvalue weighted by molar-refractivity contribution is -0.125. The first-order valence-corrected chi connectivity index (χ1v) is 9.53. The summed E-state index contributed by atoms with van der Waals surface area (Å²) in [5.41, 5.74) is 0.361. The van der Waals surface area contributed by atoms with E-state index in [-0.39, 0.29) is 10.7 Å². The first kappa shape index (κ1) is 19.9. The van der Waals surface area contributed by atoms with Crippen LogP contribution in [-0.2, 0) is 9.53 Å². The number of halogens is 1. The largest absolute Gasteiger partial charge is 0.452 e. The lowest BCUT2D eigenvalue weighted by Crippen LogP contribution is -2.50. The third-order valence-corrected chi connectivity index (χ3v) is 5.19. The molecule has 3 rings (SSSR count). The highest BCUT2D eigenvalue weighted by atomic mass is 35.5. The van der Waals surface area contributed by atoms with E-state index < -0.39 is 24.0 Å². The second kappa shape index (κ2) is 8.44. The number of para-hydroxylation sites is 1. The van der Waals surface area contributed by atoms with Crippen LogP contribution in [-0.4, -0.2) is 33.8 Å². The topological polar surface area (TPSA) is 97.0 Å². The minimum absolute atomic E-state index is 0.117. The van der Waals surface area contributed by atoms with Crippen LogP contribution in [0.3, 0.4) is 0 Å². The standard InChI is InChI=1S/C20H21ClN4O3/c1-14-17(18(21)25(24-14)15-8-4-2-5-9-15)19(27)28-12-16(26)23-20(13-22)10-6-3-7-11-20/h2,4-5,8-9H,3,6-7,10-12H2,1H3,(H,23,26). The number of rotatable bonds is 5. The molecule has 2 aromatic rings. The van der Waals surface area contributed by atoms with Crippen LogP contribution in [0, 0.1) is 18.3 Å². The lowest BCUT2D eigenvalue weighted by Gasteiger charge is -2.31. The molecule has 1 amide bonds. The van der Waals surface area contributed by atoms with E-state index in [9.17, 15) is 14.9 Å². The van der Waals surface area contributed by atoms with Crippen LogP contribution in [0.4, 0.5) is 0 Å². The highest BCUT2D eigenvalue weighted by Crippen LogP contribution is 2.27. The van der Waals surface area contributed by atoms with E-state index in [1.807, 2.05) is 30.3 Å². The fourth-order valence-electron chi connectivity index (χ4n) is 3.40. The van der Waals surface area contributed by atoms with Crippen LogP contribution in [0.25, 0.3) is 5.69 Å². The Morgan fingerprint density at radius 2 is 1.96 bits per heavy atom. The molecule has 1 saturated carbocycles. The summed E-state index contributed by atoms with van der Waals surface area (Å²) in [5.74, 6) is -1.23. The Morgan fingerprint density at radius 1 is 1.29 bits per heavy atom. The van der Waals surface area contributed by atoms with Crippen molar-refractivity contribution in [1.82, 2.24) is 15.1 Å². The monoisotopic (exact) mass is 400 g/mol. The molecule has 1 fully saturated rings. The number of aryl methyl sites for hydroxylation is 1. The Balaban J connectivity index is 1.66. The molecule has 1 aromatic heterocycles. The molecule has 0 saturated heterocycles. The van der Waals surface area contributed by atoms with Gasteiger partial charge in [-0.25, -0.2) is 9.48 Å². The molecular weight excluding hydrogens is 380 g/mol. The third-order valence-electron chi connectivity index (χ3n) is 4.84. The van der Waals surface area contributed by atoms with Crippen LogP contribution in [0.1, 0.15) is 48.2 Å². The normalized spacial score (nSPS) is 15.5. The van der Waals surface area contributed by atoms with E-state index >= 15 is 0 Å². The highest BCUT2D eigenvalue weighted by molar-refractivity contribution is 6.33. The number of esters is 1. The van der Waals surface area contributed by atoms with Crippen molar-refractivity contribution in [2.75, 3.05) is 6.61 Å². The molecule has 0 unspecified atom stereocenters. The first-order valence-electron chi connectivity index (χ1n) is 9.16. The number of carbonyl (C=O) groups is 2. The number of hydrogen-bond donors (Lipinski definition) is 1. The quantitative estimate of drug-likeness (QED) is 0.776. The van der Waals surface area contributed by atoms with Gasteiger partial charge in [0.2, 0.25) is 0 Å². The Labute approximate surface area is 168 Å². The van der Waals surface area contributed by atoms with Gasteiger partial charge in [-0.1, -0.05) is 49.1 Å². The van der Waals surface area contributed by atoms with Crippen molar-refractivity contribution in [3.8, 4) is 11.8 Å². The molecule has 0 spiro atoms. The summed E-state index contributed by atoms with van der Waals surface area (Å²) in [6.45, 7) is 1.17. The van der Waals surface area contributed by atoms with Gasteiger partial charge in [0.1, 0.15) is 16.3 Å². The average molecular weight is 401 g/mol. The molecule has 0 radical (unpaired) electrons. The summed E-state index contributed by atoms with van der Waals surface area (Å²) in [6, 6.07) is 11.4. The SMILES string of the molecule is Cc1nn(-c2ccccc2)c(Cl)c1C(=O)OCC(=O)NC1(C#N)CCCCC1. The summed E-state index contributed by atoms with van der Waals surface area (Å²) >= 11 is 6.33. The van der Waals surface area contributed by atoms with Crippen LogP contribution in [0.15, 0.2) is 30.3 Å². The van der Waals surface area contributed by atoms with Crippen molar-refractivity contribution in [2.24, 2.45) is 0 Å². The maximum Gasteiger partial charge on any atom is 0.343 e. The maximum absolute atomic E-state index is 12.5. The zero-order chi connectivity index (χ0) is 20.1. The number of amides is 1. The molecule has 0 atom stereocenters. The van der Waals surface area contributed by atoms with Gasteiger partial charge in [0, 0.05) is 0 Å². The van der Waals surface area contributed by atoms with Gasteiger partial charge in [-0.05, 0) is 31.9 Å². The van der Waals surface area contributed by atoms with E-state index in [0.717, 1.165) is 19.3 Å². The Kier molecular flexibility index (Phi) is 6.00. The zero-order valence-corrected chi connectivity index (χ0v) is 16.3. The minimum Gasteiger partial charge on any atom is -0.452 e. The molecular formula is C20H21ClN4O3. The Hall–Kier alpha value is -2.85. The fourth-order valence-corrected chi connectivity index (χ4v) is 3.75. The molecule has 146 valence electrons. The van der Waals surface area contributed by atoms with Crippen molar-refractivity contribution < 1.29 is 14.3 Å². The van der Waals surface area contributed by atoms with E-state index in [1.165, 1.54) is 4.68 Å². The molecule has 0 bridgehead atoms. The lowest BCUT2D eigenvalue weighted by atomic mass is 9.83. The molecule has 7 nitrogen and oxygen atoms in total. The van der Waals surface area contributed by atoms with Gasteiger partial charge in [0.05, 0.1) is 17.5 Å². The maximum atomic E-state index is 12.5. The predicted molar refractivity (Wildman–Crippen MR) is 103 cm³/mol. The van der Waals surface area contributed by atoms with Crippen molar-refractivity contribution in [3.05, 3.63) is 46.7 Å². The van der Waals surface area contributed by atoms with Crippen LogP contribution < -0.4 is 5.32 Å². The molecule has 1 aliphatic carbocycles. The van der Waals surface area contributed by atoms with Gasteiger partial charge in [-0.15, -0.1) is 0 Å². The fraction of sp³-hybridized carbons (Fsp3) is 0.400. The van der Waals surface area contributed by atoms with Gasteiger partial charge in [0.25, 0.3) is 5.91 Å². The third kappa shape index (κ3) is 4.18. The summed E-state index contributed by atoms with van der Waals surface area (Å²) in [7, 11) is 0. The summed E-state index contributed by atoms with van der Waals surface area (Å²) < 4.78 is 6.58. The van der Waals surface area contributed by atoms with E-state index in [2.05, 4.69) is 16.5 Å². The van der Waals surface area contributed by atoms with Gasteiger partial charge in [-0.2, -0.15) is 10.4 Å². The molecule has 28 heavy (non-hydrogen) atoms. The molecule has 1 N–H and O–H groups in total. The Bertz CT molecular complexity index is 912. The number of carbonyl (C=O) groups excluding carboxylic acids is 2. The Morgan fingerprint density at radius 3 is 2.61 bits per heavy atom. The van der Waals surface area contributed by atoms with Crippen molar-refractivity contribution in [1.29, 1.82) is 5.26 Å². The number of ether oxygens (including phenoxy) is 1. The molecule has 1 heterocycles. The van der Waals surface area contributed by atoms with Crippen molar-refractivity contribution in [3.63, 3.8) is 0 Å². The van der Waals surface area contributed by atoms with Gasteiger partial charge in [0.15, 0.2) is 6.61 Å². The number of hydrogen-bond acceptors (Lipinski definition) is 5. The molecule has 1 aromatic carbocycles. The predicted octanol–water partition coefficient (Wildman–Crippen LogP) is 3.33. The second-order valence-electron chi connectivity index (χ2n) is 6.88. The summed E-state index contributed by atoms with van der Waals surface area (Å²) in [5, 5.41) is 16.6. The number of nitrogens with zero attached hydrogens (tertiary/aromatic N) is 3. The second-order valence-corrected chi connectivity index (χ2v) is 7.24. The van der Waals surface area contributed by atoms with Gasteiger partial charge < -0.3 is 10.1 Å². The van der Waals surface area contributed by atoms with Crippen LogP contribution in [0.5, 0.6) is 0 Å². The smallest absolute Gasteiger partial charge is 0.343 e. The number of nitrogens with one attached hydrogen (secondary N) is 1. The number of aromatic nitrogens is 2. The van der Waals surface area contributed by atoms with Crippen molar-refractivity contribution in [2.45, 2.75) is 44.6 Å². The number of nitriles is 1. The highest BCUT2D eigenvalue weighted by Gasteiger charge is 2.34. The van der Waals surface area contributed by atoms with Crippen molar-refractivity contribution >= 4 is 23.5 Å². The van der Waals surface area contributed by atoms with Gasteiger partial charge in [-0.3, -0.25) is 4.79 Å². The van der Waals surface area contributed by atoms with E-state index in [0.29, 0.717) is 24.2 Å². The zero-order valence-electron chi connectivity index (χ0n) is 15.6. The number of benzene rings is 1. The van der Waals surface area contributed by atoms with Crippen LogP contribution in [0.2, 0.25) is 5.15 Å². The minimum atomic E-state index is -0.868. The van der Waals surface area contributed by atoms with E-state index in [4.69, 9.17) is 16.3 Å². The van der Waals surface area contributed by atoms with E-state index in [1.54, 1.807) is 6.92 Å². The molecule has 0 aliphatic heterocycles. The average Bonchev–Trinajstić information content (AvgIpc) is 3.01. The van der Waals surface area contributed by atoms with Crippen LogP contribution >= 0.6 is 11.6 Å². The summed E-state index contributed by atoms with van der Waals surface area (Å²) in [4.78, 5) is 24.7. The first-order chi connectivity index (χ1) is 13.5. The molecule has 8 heteroatoms. The van der Waals surface area contributed by atoms with Gasteiger partial charge >= 0.3 is 5.97 Å². The molecule has 1 aliphatic rings. The summed E-state index contributed by atoms with van der Waals surface area (Å²) in [6.07, 6.45) is 4.05.